The van der Waals surface area contributed by atoms with Gasteiger partial charge < -0.3 is 20.3 Å². The summed E-state index contributed by atoms with van der Waals surface area (Å²) in [5, 5.41) is 10.7. The molecule has 3 heterocycles. The molecule has 1 aliphatic carbocycles. The normalized spacial score (nSPS) is 19.7. The number of anilines is 2. The molecule has 2 aliphatic rings. The highest BCUT2D eigenvalue weighted by molar-refractivity contribution is 5.53. The van der Waals surface area contributed by atoms with Crippen LogP contribution in [0.15, 0.2) is 12.4 Å². The molecule has 2 aromatic rings. The molecule has 7 nitrogen and oxygen atoms in total. The first-order valence-electron chi connectivity index (χ1n) is 9.19. The third-order valence-electron chi connectivity index (χ3n) is 5.59. The summed E-state index contributed by atoms with van der Waals surface area (Å²) in [6.07, 6.45) is 9.38. The minimum absolute atomic E-state index is 0.229. The van der Waals surface area contributed by atoms with Gasteiger partial charge in [-0.2, -0.15) is 4.98 Å². The number of nitrogens with zero attached hydrogens (tertiary/aromatic N) is 5. The lowest BCUT2D eigenvalue weighted by molar-refractivity contribution is 0.0824. The zero-order chi connectivity index (χ0) is 17.4. The number of nitrogens with two attached hydrogens (primary N) is 1. The van der Waals surface area contributed by atoms with Crippen molar-refractivity contribution in [2.24, 2.45) is 13.0 Å². The lowest BCUT2D eigenvalue weighted by Gasteiger charge is -2.36. The molecule has 134 valence electrons. The summed E-state index contributed by atoms with van der Waals surface area (Å²) < 4.78 is 1.90. The molecule has 0 amide bonds. The van der Waals surface area contributed by atoms with Gasteiger partial charge in [-0.15, -0.1) is 0 Å². The van der Waals surface area contributed by atoms with Crippen LogP contribution in [0.4, 0.5) is 11.8 Å². The van der Waals surface area contributed by atoms with Gasteiger partial charge in [0.15, 0.2) is 0 Å². The number of aliphatic hydroxyl groups excluding tert-OH is 1. The first-order valence-corrected chi connectivity index (χ1v) is 9.19. The fourth-order valence-corrected chi connectivity index (χ4v) is 4.15. The zero-order valence-electron chi connectivity index (χ0n) is 14.7. The predicted molar refractivity (Wildman–Crippen MR) is 96.2 cm³/mol. The summed E-state index contributed by atoms with van der Waals surface area (Å²) >= 11 is 0. The Labute approximate surface area is 147 Å². The van der Waals surface area contributed by atoms with Crippen molar-refractivity contribution < 1.29 is 5.11 Å². The Morgan fingerprint density at radius 2 is 1.96 bits per heavy atom. The van der Waals surface area contributed by atoms with E-state index in [4.69, 9.17) is 5.73 Å². The number of piperidine rings is 1. The molecule has 1 saturated heterocycles. The van der Waals surface area contributed by atoms with Crippen molar-refractivity contribution in [3.8, 4) is 0 Å². The fourth-order valence-electron chi connectivity index (χ4n) is 4.15. The molecule has 1 atom stereocenters. The second-order valence-corrected chi connectivity index (χ2v) is 7.20. The quantitative estimate of drug-likeness (QED) is 0.880. The van der Waals surface area contributed by atoms with Gasteiger partial charge in [-0.25, -0.2) is 9.97 Å². The highest BCUT2D eigenvalue weighted by Crippen LogP contribution is 2.34. The summed E-state index contributed by atoms with van der Waals surface area (Å²) in [6, 6.07) is 0. The Morgan fingerprint density at radius 3 is 2.68 bits per heavy atom. The Morgan fingerprint density at radius 1 is 1.20 bits per heavy atom. The molecule has 4 rings (SSSR count). The monoisotopic (exact) mass is 342 g/mol. The molecule has 2 aromatic heterocycles. The molecule has 25 heavy (non-hydrogen) atoms. The van der Waals surface area contributed by atoms with Crippen molar-refractivity contribution in [2.75, 3.05) is 23.7 Å². The molecular weight excluding hydrogens is 316 g/mol. The van der Waals surface area contributed by atoms with E-state index in [2.05, 4.69) is 19.9 Å². The summed E-state index contributed by atoms with van der Waals surface area (Å²) in [7, 11) is 1.93. The van der Waals surface area contributed by atoms with E-state index in [0.29, 0.717) is 5.95 Å². The van der Waals surface area contributed by atoms with Crippen LogP contribution in [0, 0.1) is 5.92 Å². The number of rotatable bonds is 3. The second-order valence-electron chi connectivity index (χ2n) is 7.20. The lowest BCUT2D eigenvalue weighted by atomic mass is 9.90. The van der Waals surface area contributed by atoms with Gasteiger partial charge in [-0.3, -0.25) is 0 Å². The minimum atomic E-state index is -0.508. The van der Waals surface area contributed by atoms with Crippen molar-refractivity contribution in [1.29, 1.82) is 0 Å². The van der Waals surface area contributed by atoms with E-state index in [1.54, 1.807) is 6.20 Å². The third-order valence-corrected chi connectivity index (χ3v) is 5.59. The Kier molecular flexibility index (Phi) is 4.33. The molecule has 0 saturated carbocycles. The van der Waals surface area contributed by atoms with Gasteiger partial charge in [-0.05, 0) is 44.4 Å². The molecule has 0 radical (unpaired) electrons. The van der Waals surface area contributed by atoms with E-state index >= 15 is 0 Å². The van der Waals surface area contributed by atoms with Gasteiger partial charge in [0.05, 0.1) is 5.69 Å². The number of aryl methyl sites for hydroxylation is 2. The van der Waals surface area contributed by atoms with E-state index in [-0.39, 0.29) is 5.92 Å². The van der Waals surface area contributed by atoms with Crippen molar-refractivity contribution in [1.82, 2.24) is 19.5 Å². The van der Waals surface area contributed by atoms with E-state index in [0.717, 1.165) is 56.1 Å². The van der Waals surface area contributed by atoms with Crippen molar-refractivity contribution in [3.05, 3.63) is 29.5 Å². The second kappa shape index (κ2) is 6.63. The fraction of sp³-hybridized carbons (Fsp3) is 0.611. The van der Waals surface area contributed by atoms with E-state index in [1.165, 1.54) is 18.4 Å². The van der Waals surface area contributed by atoms with E-state index in [9.17, 15) is 5.11 Å². The van der Waals surface area contributed by atoms with Crippen molar-refractivity contribution in [3.63, 3.8) is 0 Å². The van der Waals surface area contributed by atoms with Crippen LogP contribution >= 0.6 is 0 Å². The first-order chi connectivity index (χ1) is 12.1. The SMILES string of the molecule is Cn1ccnc1C(O)C1CCN(c2nc(N)nc3c2CCCC3)CC1. The molecule has 3 N–H and O–H groups in total. The van der Waals surface area contributed by atoms with Crippen LogP contribution in [0.3, 0.4) is 0 Å². The number of hydrogen-bond acceptors (Lipinski definition) is 6. The highest BCUT2D eigenvalue weighted by atomic mass is 16.3. The molecule has 0 spiro atoms. The van der Waals surface area contributed by atoms with Crippen molar-refractivity contribution >= 4 is 11.8 Å². The van der Waals surface area contributed by atoms with Crippen LogP contribution in [-0.2, 0) is 19.9 Å². The molecule has 0 bridgehead atoms. The summed E-state index contributed by atoms with van der Waals surface area (Å²) in [4.78, 5) is 15.6. The third kappa shape index (κ3) is 3.08. The number of aromatic nitrogens is 4. The number of hydrogen-bond donors (Lipinski definition) is 2. The van der Waals surface area contributed by atoms with Gasteiger partial charge in [0.1, 0.15) is 17.7 Å². The Bertz CT molecular complexity index is 750. The predicted octanol–water partition coefficient (Wildman–Crippen LogP) is 1.62. The standard InChI is InChI=1S/C18H26N6O/c1-23-11-8-20-17(23)15(25)12-6-9-24(10-7-12)16-13-4-2-3-5-14(13)21-18(19)22-16/h8,11-12,15,25H,2-7,9-10H2,1H3,(H2,19,21,22). The van der Waals surface area contributed by atoms with Gasteiger partial charge in [0, 0.05) is 38.1 Å². The number of nitrogen functional groups attached to an aromatic ring is 1. The van der Waals surface area contributed by atoms with Gasteiger partial charge in [0.2, 0.25) is 5.95 Å². The van der Waals surface area contributed by atoms with Crippen LogP contribution in [-0.4, -0.2) is 37.7 Å². The number of imidazole rings is 1. The largest absolute Gasteiger partial charge is 0.385 e. The van der Waals surface area contributed by atoms with Crippen LogP contribution in [0.25, 0.3) is 0 Å². The molecular formula is C18H26N6O. The van der Waals surface area contributed by atoms with Gasteiger partial charge in [-0.1, -0.05) is 0 Å². The van der Waals surface area contributed by atoms with E-state index < -0.39 is 6.10 Å². The first kappa shape index (κ1) is 16.3. The number of aliphatic hydroxyl groups is 1. The van der Waals surface area contributed by atoms with Gasteiger partial charge in [0.25, 0.3) is 0 Å². The maximum absolute atomic E-state index is 10.7. The van der Waals surface area contributed by atoms with E-state index in [1.807, 2.05) is 17.8 Å². The molecule has 1 fully saturated rings. The molecule has 1 aliphatic heterocycles. The molecule has 0 aromatic carbocycles. The highest BCUT2D eigenvalue weighted by Gasteiger charge is 2.30. The number of fused-ring (bicyclic) bond motifs is 1. The maximum atomic E-state index is 10.7. The summed E-state index contributed by atoms with van der Waals surface area (Å²) in [5.41, 5.74) is 8.36. The summed E-state index contributed by atoms with van der Waals surface area (Å²) in [6.45, 7) is 1.77. The van der Waals surface area contributed by atoms with Crippen LogP contribution < -0.4 is 10.6 Å². The van der Waals surface area contributed by atoms with Crippen LogP contribution in [0.5, 0.6) is 0 Å². The van der Waals surface area contributed by atoms with Gasteiger partial charge >= 0.3 is 0 Å². The van der Waals surface area contributed by atoms with Crippen LogP contribution in [0.1, 0.15) is 48.9 Å². The Hall–Kier alpha value is -2.15. The average molecular weight is 342 g/mol. The Balaban J connectivity index is 1.49. The molecule has 1 unspecified atom stereocenters. The van der Waals surface area contributed by atoms with Crippen molar-refractivity contribution in [2.45, 2.75) is 44.6 Å². The smallest absolute Gasteiger partial charge is 0.222 e. The van der Waals surface area contributed by atoms with Crippen LogP contribution in [0.2, 0.25) is 0 Å². The summed E-state index contributed by atoms with van der Waals surface area (Å²) in [5.74, 6) is 2.38. The lowest BCUT2D eigenvalue weighted by Crippen LogP contribution is -2.37. The minimum Gasteiger partial charge on any atom is -0.385 e. The molecule has 7 heteroatoms. The topological polar surface area (TPSA) is 93.1 Å². The maximum Gasteiger partial charge on any atom is 0.222 e. The zero-order valence-corrected chi connectivity index (χ0v) is 14.7. The average Bonchev–Trinajstić information content (AvgIpc) is 3.06.